The smallest absolute Gasteiger partial charge is 0.262 e. The summed E-state index contributed by atoms with van der Waals surface area (Å²) in [6.07, 6.45) is 1.81. The first-order chi connectivity index (χ1) is 15.4. The number of hydrogen-bond donors (Lipinski definition) is 3. The largest absolute Gasteiger partial charge is 0.381 e. The van der Waals surface area contributed by atoms with Gasteiger partial charge in [-0.15, -0.1) is 0 Å². The number of benzene rings is 1. The molecule has 4 rings (SSSR count). The third-order valence-electron chi connectivity index (χ3n) is 6.30. The van der Waals surface area contributed by atoms with Gasteiger partial charge in [0.2, 0.25) is 11.8 Å². The van der Waals surface area contributed by atoms with Gasteiger partial charge in [-0.1, -0.05) is 6.07 Å². The van der Waals surface area contributed by atoms with E-state index in [4.69, 9.17) is 15.2 Å². The molecular weight excluding hydrogens is 416 g/mol. The molecule has 0 saturated carbocycles. The summed E-state index contributed by atoms with van der Waals surface area (Å²) in [6.45, 7) is 3.37. The second kappa shape index (κ2) is 9.45. The molecule has 32 heavy (non-hydrogen) atoms. The predicted octanol–water partition coefficient (Wildman–Crippen LogP) is -0.298. The Bertz CT molecular complexity index is 927. The molecule has 1 aromatic rings. The first-order valence-electron chi connectivity index (χ1n) is 10.9. The van der Waals surface area contributed by atoms with Crippen LogP contribution in [0, 0.1) is 0 Å². The fourth-order valence-electron chi connectivity index (χ4n) is 4.35. The van der Waals surface area contributed by atoms with Crippen molar-refractivity contribution in [1.29, 1.82) is 0 Å². The number of nitrogens with zero attached hydrogens (tertiary/aromatic N) is 1. The normalized spacial score (nSPS) is 22.8. The molecule has 10 nitrogen and oxygen atoms in total. The van der Waals surface area contributed by atoms with Gasteiger partial charge in [0, 0.05) is 52.1 Å². The Morgan fingerprint density at radius 2 is 1.91 bits per heavy atom. The average Bonchev–Trinajstić information content (AvgIpc) is 3.04. The number of carbonyl (C=O) groups is 4. The van der Waals surface area contributed by atoms with Crippen LogP contribution in [0.15, 0.2) is 18.2 Å². The van der Waals surface area contributed by atoms with Crippen LogP contribution in [-0.4, -0.2) is 73.1 Å². The van der Waals surface area contributed by atoms with Crippen molar-refractivity contribution in [3.8, 4) is 0 Å². The van der Waals surface area contributed by atoms with E-state index >= 15 is 0 Å². The van der Waals surface area contributed by atoms with Crippen LogP contribution in [0.25, 0.3) is 0 Å². The lowest BCUT2D eigenvalue weighted by atomic mass is 9.94. The minimum Gasteiger partial charge on any atom is -0.381 e. The molecule has 2 fully saturated rings. The predicted molar refractivity (Wildman–Crippen MR) is 113 cm³/mol. The van der Waals surface area contributed by atoms with Gasteiger partial charge in [0.15, 0.2) is 0 Å². The van der Waals surface area contributed by atoms with Gasteiger partial charge < -0.3 is 20.5 Å². The van der Waals surface area contributed by atoms with E-state index in [0.29, 0.717) is 39.5 Å². The molecule has 172 valence electrons. The Morgan fingerprint density at radius 3 is 2.62 bits per heavy atom. The third-order valence-corrected chi connectivity index (χ3v) is 6.30. The topological polar surface area (TPSA) is 140 Å². The maximum Gasteiger partial charge on any atom is 0.262 e. The summed E-state index contributed by atoms with van der Waals surface area (Å²) in [5, 5.41) is 5.47. The number of fused-ring (bicyclic) bond motifs is 1. The average molecular weight is 444 g/mol. The van der Waals surface area contributed by atoms with E-state index in [1.165, 1.54) is 0 Å². The highest BCUT2D eigenvalue weighted by atomic mass is 16.5. The summed E-state index contributed by atoms with van der Waals surface area (Å²) >= 11 is 0. The Hall–Kier alpha value is -2.66. The molecule has 1 unspecified atom stereocenters. The van der Waals surface area contributed by atoms with Crippen LogP contribution in [0.1, 0.15) is 52.0 Å². The van der Waals surface area contributed by atoms with Gasteiger partial charge in [-0.3, -0.25) is 29.4 Å². The van der Waals surface area contributed by atoms with Crippen molar-refractivity contribution in [3.05, 3.63) is 34.9 Å². The van der Waals surface area contributed by atoms with Crippen LogP contribution in [0.2, 0.25) is 0 Å². The van der Waals surface area contributed by atoms with Crippen LogP contribution < -0.4 is 16.4 Å². The lowest BCUT2D eigenvalue weighted by Crippen LogP contribution is -2.54. The fourth-order valence-corrected chi connectivity index (χ4v) is 4.35. The second-order valence-electron chi connectivity index (χ2n) is 8.35. The SMILES string of the molecule is NCC1(OCCNCc2ccc3c(c2)C(=O)N(C2CCC(=O)NC2=O)C3=O)CCOCC1. The molecule has 1 aromatic carbocycles. The zero-order chi connectivity index (χ0) is 22.7. The van der Waals surface area contributed by atoms with E-state index in [0.717, 1.165) is 23.3 Å². The first-order valence-corrected chi connectivity index (χ1v) is 10.9. The van der Waals surface area contributed by atoms with Crippen molar-refractivity contribution in [2.45, 2.75) is 43.9 Å². The van der Waals surface area contributed by atoms with E-state index in [-0.39, 0.29) is 29.6 Å². The second-order valence-corrected chi connectivity index (χ2v) is 8.35. The standard InChI is InChI=1S/C22H28N4O6/c23-13-22(5-8-31-9-6-22)32-10-7-24-12-14-1-2-15-16(11-14)21(30)26(20(15)29)17-3-4-18(27)25-19(17)28/h1-2,11,17,24H,3-10,12-13,23H2,(H,25,27,28). The summed E-state index contributed by atoms with van der Waals surface area (Å²) in [4.78, 5) is 50.1. The third kappa shape index (κ3) is 4.44. The van der Waals surface area contributed by atoms with Crippen LogP contribution >= 0.6 is 0 Å². The minimum absolute atomic E-state index is 0.0967. The number of imide groups is 2. The van der Waals surface area contributed by atoms with Gasteiger partial charge in [-0.05, 0) is 24.1 Å². The van der Waals surface area contributed by atoms with Gasteiger partial charge in [-0.2, -0.15) is 0 Å². The number of hydrogen-bond acceptors (Lipinski definition) is 8. The van der Waals surface area contributed by atoms with Gasteiger partial charge >= 0.3 is 0 Å². The van der Waals surface area contributed by atoms with Gasteiger partial charge in [0.05, 0.1) is 23.3 Å². The van der Waals surface area contributed by atoms with Crippen molar-refractivity contribution in [2.24, 2.45) is 5.73 Å². The molecule has 4 N–H and O–H groups in total. The lowest BCUT2D eigenvalue weighted by Gasteiger charge is -2.36. The molecule has 4 amide bonds. The number of nitrogens with one attached hydrogen (secondary N) is 2. The zero-order valence-corrected chi connectivity index (χ0v) is 17.9. The Balaban J connectivity index is 1.32. The first kappa shape index (κ1) is 22.5. The Morgan fingerprint density at radius 1 is 1.16 bits per heavy atom. The summed E-state index contributed by atoms with van der Waals surface area (Å²) in [5.74, 6) is -2.02. The number of rotatable bonds is 8. The minimum atomic E-state index is -0.959. The monoisotopic (exact) mass is 444 g/mol. The number of ether oxygens (including phenoxy) is 2. The summed E-state index contributed by atoms with van der Waals surface area (Å²) in [5.41, 5.74) is 6.97. The van der Waals surface area contributed by atoms with E-state index < -0.39 is 29.7 Å². The number of nitrogens with two attached hydrogens (primary N) is 1. The molecule has 1 atom stereocenters. The van der Waals surface area contributed by atoms with Crippen molar-refractivity contribution in [1.82, 2.24) is 15.5 Å². The van der Waals surface area contributed by atoms with E-state index in [2.05, 4.69) is 10.6 Å². The molecule has 0 spiro atoms. The number of piperidine rings is 1. The summed E-state index contributed by atoms with van der Waals surface area (Å²) < 4.78 is 11.4. The van der Waals surface area contributed by atoms with E-state index in [1.54, 1.807) is 18.2 Å². The van der Waals surface area contributed by atoms with Crippen molar-refractivity contribution < 1.29 is 28.7 Å². The number of carbonyl (C=O) groups excluding carboxylic acids is 4. The molecule has 2 saturated heterocycles. The van der Waals surface area contributed by atoms with Gasteiger partial charge in [0.1, 0.15) is 6.04 Å². The molecule has 0 bridgehead atoms. The Labute approximate surface area is 185 Å². The maximum absolute atomic E-state index is 12.9. The van der Waals surface area contributed by atoms with Gasteiger partial charge in [0.25, 0.3) is 11.8 Å². The van der Waals surface area contributed by atoms with Crippen LogP contribution in [-0.2, 0) is 25.6 Å². The quantitative estimate of drug-likeness (QED) is 0.367. The van der Waals surface area contributed by atoms with E-state index in [1.807, 2.05) is 0 Å². The van der Waals surface area contributed by atoms with Crippen molar-refractivity contribution in [3.63, 3.8) is 0 Å². The van der Waals surface area contributed by atoms with Crippen LogP contribution in [0.5, 0.6) is 0 Å². The molecular formula is C22H28N4O6. The van der Waals surface area contributed by atoms with Crippen LogP contribution in [0.4, 0.5) is 0 Å². The molecule has 0 aromatic heterocycles. The van der Waals surface area contributed by atoms with Crippen molar-refractivity contribution in [2.75, 3.05) is 32.9 Å². The molecule has 10 heteroatoms. The van der Waals surface area contributed by atoms with Crippen molar-refractivity contribution >= 4 is 23.6 Å². The highest BCUT2D eigenvalue weighted by Crippen LogP contribution is 2.28. The molecule has 3 aliphatic rings. The summed E-state index contributed by atoms with van der Waals surface area (Å²) in [7, 11) is 0. The maximum atomic E-state index is 12.9. The zero-order valence-electron chi connectivity index (χ0n) is 17.9. The van der Waals surface area contributed by atoms with Crippen LogP contribution in [0.3, 0.4) is 0 Å². The Kier molecular flexibility index (Phi) is 6.66. The molecule has 3 aliphatic heterocycles. The summed E-state index contributed by atoms with van der Waals surface area (Å²) in [6, 6.07) is 4.11. The van der Waals surface area contributed by atoms with Gasteiger partial charge in [-0.25, -0.2) is 0 Å². The highest BCUT2D eigenvalue weighted by Gasteiger charge is 2.44. The highest BCUT2D eigenvalue weighted by molar-refractivity contribution is 6.23. The molecule has 3 heterocycles. The number of amides is 4. The fraction of sp³-hybridized carbons (Fsp3) is 0.545. The molecule has 0 aliphatic carbocycles. The lowest BCUT2D eigenvalue weighted by molar-refractivity contribution is -0.136. The van der Waals surface area contributed by atoms with E-state index in [9.17, 15) is 19.2 Å². The molecule has 0 radical (unpaired) electrons.